The first kappa shape index (κ1) is 11.1. The second-order valence-electron chi connectivity index (χ2n) is 3.34. The minimum Gasteiger partial charge on any atom is -0.507 e. The third kappa shape index (κ3) is 2.57. The molecule has 0 aliphatic heterocycles. The minimum atomic E-state index is -0.620. The largest absolute Gasteiger partial charge is 0.507 e. The van der Waals surface area contributed by atoms with Crippen molar-refractivity contribution in [2.45, 2.75) is 0 Å². The van der Waals surface area contributed by atoms with E-state index in [1.54, 1.807) is 12.1 Å². The summed E-state index contributed by atoms with van der Waals surface area (Å²) < 4.78 is 12.5. The number of nitrogens with zero attached hydrogens (tertiary/aromatic N) is 1. The van der Waals surface area contributed by atoms with Gasteiger partial charge in [0.25, 0.3) is 5.91 Å². The predicted molar refractivity (Wildman–Crippen MR) is 60.3 cm³/mol. The van der Waals surface area contributed by atoms with E-state index >= 15 is 0 Å². The van der Waals surface area contributed by atoms with Gasteiger partial charge in [-0.15, -0.1) is 0 Å². The van der Waals surface area contributed by atoms with Gasteiger partial charge in [-0.3, -0.25) is 4.79 Å². The number of aromatic hydroxyl groups is 1. The Hall–Kier alpha value is -2.43. The molecule has 2 rings (SSSR count). The topological polar surface area (TPSA) is 62.2 Å². The Morgan fingerprint density at radius 1 is 1.24 bits per heavy atom. The highest BCUT2D eigenvalue weighted by molar-refractivity contribution is 6.05. The molecular weight excluding hydrogens is 223 g/mol. The van der Waals surface area contributed by atoms with E-state index in [2.05, 4.69) is 10.3 Å². The lowest BCUT2D eigenvalue weighted by molar-refractivity contribution is 0.102. The van der Waals surface area contributed by atoms with Crippen LogP contribution < -0.4 is 5.32 Å². The standard InChI is InChI=1S/C12H9FN2O2/c13-11-6-5-8(7-14-11)15-12(17)9-3-1-2-4-10(9)16/h1-7,16H,(H,15,17). The molecule has 0 saturated heterocycles. The SMILES string of the molecule is O=C(Nc1ccc(F)nc1)c1ccccc1O. The summed E-state index contributed by atoms with van der Waals surface area (Å²) in [6.07, 6.45) is 1.20. The van der Waals surface area contributed by atoms with Crippen molar-refractivity contribution in [2.75, 3.05) is 5.32 Å². The van der Waals surface area contributed by atoms with E-state index in [1.165, 1.54) is 24.4 Å². The Morgan fingerprint density at radius 2 is 2.00 bits per heavy atom. The molecule has 86 valence electrons. The number of halogens is 1. The molecule has 2 aromatic rings. The van der Waals surface area contributed by atoms with Gasteiger partial charge in [0.15, 0.2) is 0 Å². The van der Waals surface area contributed by atoms with Crippen molar-refractivity contribution in [1.82, 2.24) is 4.98 Å². The number of amides is 1. The molecule has 2 N–H and O–H groups in total. The molecule has 0 aliphatic carbocycles. The fourth-order valence-electron chi connectivity index (χ4n) is 1.31. The van der Waals surface area contributed by atoms with E-state index in [0.717, 1.165) is 6.07 Å². The Kier molecular flexibility index (Phi) is 3.00. The van der Waals surface area contributed by atoms with Gasteiger partial charge in [-0.2, -0.15) is 4.39 Å². The summed E-state index contributed by atoms with van der Waals surface area (Å²) in [5, 5.41) is 12.0. The quantitative estimate of drug-likeness (QED) is 0.780. The first-order chi connectivity index (χ1) is 8.16. The summed E-state index contributed by atoms with van der Waals surface area (Å²) in [6.45, 7) is 0. The van der Waals surface area contributed by atoms with Gasteiger partial charge < -0.3 is 10.4 Å². The molecule has 4 nitrogen and oxygen atoms in total. The molecule has 1 aromatic heterocycles. The molecule has 0 saturated carbocycles. The zero-order valence-corrected chi connectivity index (χ0v) is 8.72. The second-order valence-corrected chi connectivity index (χ2v) is 3.34. The summed E-state index contributed by atoms with van der Waals surface area (Å²) in [4.78, 5) is 15.1. The van der Waals surface area contributed by atoms with Crippen LogP contribution in [0.4, 0.5) is 10.1 Å². The number of para-hydroxylation sites is 1. The lowest BCUT2D eigenvalue weighted by Gasteiger charge is -2.05. The Morgan fingerprint density at radius 3 is 2.65 bits per heavy atom. The van der Waals surface area contributed by atoms with Crippen molar-refractivity contribution in [3.05, 3.63) is 54.1 Å². The summed E-state index contributed by atoms with van der Waals surface area (Å²) in [5.41, 5.74) is 0.511. The fourth-order valence-corrected chi connectivity index (χ4v) is 1.31. The van der Waals surface area contributed by atoms with Gasteiger partial charge in [-0.25, -0.2) is 4.98 Å². The minimum absolute atomic E-state index is 0.111. The molecule has 0 fully saturated rings. The average Bonchev–Trinajstić information content (AvgIpc) is 2.32. The lowest BCUT2D eigenvalue weighted by Crippen LogP contribution is -2.12. The van der Waals surface area contributed by atoms with Crippen LogP contribution in [-0.4, -0.2) is 16.0 Å². The van der Waals surface area contributed by atoms with Crippen LogP contribution in [0.25, 0.3) is 0 Å². The highest BCUT2D eigenvalue weighted by atomic mass is 19.1. The molecule has 1 aromatic carbocycles. The number of benzene rings is 1. The van der Waals surface area contributed by atoms with Gasteiger partial charge in [0, 0.05) is 0 Å². The smallest absolute Gasteiger partial charge is 0.259 e. The summed E-state index contributed by atoms with van der Waals surface area (Å²) in [7, 11) is 0. The fraction of sp³-hybridized carbons (Fsp3) is 0. The van der Waals surface area contributed by atoms with Crippen molar-refractivity contribution in [3.8, 4) is 5.75 Å². The van der Waals surface area contributed by atoms with Crippen LogP contribution in [0.5, 0.6) is 5.75 Å². The molecule has 1 amide bonds. The lowest BCUT2D eigenvalue weighted by atomic mass is 10.2. The third-order valence-electron chi connectivity index (χ3n) is 2.13. The van der Waals surface area contributed by atoms with Crippen LogP contribution in [0.15, 0.2) is 42.6 Å². The van der Waals surface area contributed by atoms with Crippen LogP contribution >= 0.6 is 0 Å². The number of phenols is 1. The number of rotatable bonds is 2. The highest BCUT2D eigenvalue weighted by Crippen LogP contribution is 2.17. The first-order valence-electron chi connectivity index (χ1n) is 4.88. The van der Waals surface area contributed by atoms with Crippen molar-refractivity contribution in [1.29, 1.82) is 0 Å². The first-order valence-corrected chi connectivity index (χ1v) is 4.88. The molecule has 0 unspecified atom stereocenters. The van der Waals surface area contributed by atoms with E-state index in [-0.39, 0.29) is 11.3 Å². The molecule has 0 spiro atoms. The van der Waals surface area contributed by atoms with Crippen molar-refractivity contribution in [2.24, 2.45) is 0 Å². The molecule has 17 heavy (non-hydrogen) atoms. The van der Waals surface area contributed by atoms with Crippen molar-refractivity contribution < 1.29 is 14.3 Å². The molecule has 0 atom stereocenters. The number of anilines is 1. The number of aromatic nitrogens is 1. The normalized spacial score (nSPS) is 9.94. The van der Waals surface area contributed by atoms with Crippen LogP contribution in [0.1, 0.15) is 10.4 Å². The zero-order chi connectivity index (χ0) is 12.3. The van der Waals surface area contributed by atoms with Crippen molar-refractivity contribution in [3.63, 3.8) is 0 Å². The van der Waals surface area contributed by atoms with E-state index in [9.17, 15) is 14.3 Å². The Labute approximate surface area is 96.7 Å². The number of pyridine rings is 1. The van der Waals surface area contributed by atoms with E-state index in [4.69, 9.17) is 0 Å². The average molecular weight is 232 g/mol. The monoisotopic (exact) mass is 232 g/mol. The van der Waals surface area contributed by atoms with Crippen LogP contribution in [0.3, 0.4) is 0 Å². The van der Waals surface area contributed by atoms with Crippen LogP contribution in [-0.2, 0) is 0 Å². The van der Waals surface area contributed by atoms with E-state index in [0.29, 0.717) is 5.69 Å². The van der Waals surface area contributed by atoms with E-state index in [1.807, 2.05) is 0 Å². The van der Waals surface area contributed by atoms with Gasteiger partial charge in [0.2, 0.25) is 5.95 Å². The van der Waals surface area contributed by atoms with Crippen LogP contribution in [0.2, 0.25) is 0 Å². The number of phenolic OH excluding ortho intramolecular Hbond substituents is 1. The molecule has 0 bridgehead atoms. The van der Waals surface area contributed by atoms with Crippen LogP contribution in [0, 0.1) is 5.95 Å². The second kappa shape index (κ2) is 4.61. The molecule has 1 heterocycles. The molecule has 0 aliphatic rings. The van der Waals surface area contributed by atoms with E-state index < -0.39 is 11.9 Å². The Bertz CT molecular complexity index is 540. The maximum absolute atomic E-state index is 12.5. The molecule has 5 heteroatoms. The highest BCUT2D eigenvalue weighted by Gasteiger charge is 2.10. The predicted octanol–water partition coefficient (Wildman–Crippen LogP) is 2.18. The number of nitrogens with one attached hydrogen (secondary N) is 1. The van der Waals surface area contributed by atoms with Gasteiger partial charge in [-0.1, -0.05) is 12.1 Å². The number of hydrogen-bond acceptors (Lipinski definition) is 3. The summed E-state index contributed by atoms with van der Waals surface area (Å²) in [5.74, 6) is -1.21. The van der Waals surface area contributed by atoms with Gasteiger partial charge >= 0.3 is 0 Å². The maximum atomic E-state index is 12.5. The number of carbonyl (C=O) groups is 1. The van der Waals surface area contributed by atoms with Gasteiger partial charge in [0.1, 0.15) is 5.75 Å². The molecule has 0 radical (unpaired) electrons. The number of hydrogen-bond donors (Lipinski definition) is 2. The summed E-state index contributed by atoms with van der Waals surface area (Å²) in [6, 6.07) is 8.68. The maximum Gasteiger partial charge on any atom is 0.259 e. The van der Waals surface area contributed by atoms with Gasteiger partial charge in [0.05, 0.1) is 17.4 Å². The summed E-state index contributed by atoms with van der Waals surface area (Å²) >= 11 is 0. The molecular formula is C12H9FN2O2. The van der Waals surface area contributed by atoms with Crippen molar-refractivity contribution >= 4 is 11.6 Å². The zero-order valence-electron chi connectivity index (χ0n) is 8.72. The Balaban J connectivity index is 2.17. The van der Waals surface area contributed by atoms with Gasteiger partial charge in [-0.05, 0) is 24.3 Å². The third-order valence-corrected chi connectivity index (χ3v) is 2.13. The number of carbonyl (C=O) groups excluding carboxylic acids is 1.